The quantitative estimate of drug-likeness (QED) is 0.383. The van der Waals surface area contributed by atoms with Gasteiger partial charge in [-0.2, -0.15) is 0 Å². The van der Waals surface area contributed by atoms with Crippen LogP contribution in [0.2, 0.25) is 0 Å². The number of nitro groups is 1. The molecule has 2 N–H and O–H groups in total. The zero-order chi connectivity index (χ0) is 22.3. The molecule has 0 saturated carbocycles. The van der Waals surface area contributed by atoms with E-state index in [1.54, 1.807) is 43.3 Å². The average Bonchev–Trinajstić information content (AvgIpc) is 2.70. The standard InChI is InChI=1S/C20H22N4O6/c1-23(2)12-18(25)22-16-6-4-5-13(7-16)11-21-19(26)14-8-15(20(27)30-3)10-17(9-14)24(28)29/h4-10H,11-12H2,1-3H3,(H,21,26)(H,22,25). The van der Waals surface area contributed by atoms with E-state index in [9.17, 15) is 24.5 Å². The predicted molar refractivity (Wildman–Crippen MR) is 109 cm³/mol. The minimum atomic E-state index is -0.783. The highest BCUT2D eigenvalue weighted by molar-refractivity contribution is 5.99. The van der Waals surface area contributed by atoms with E-state index >= 15 is 0 Å². The Kier molecular flexibility index (Phi) is 7.59. The van der Waals surface area contributed by atoms with E-state index in [1.807, 2.05) is 0 Å². The van der Waals surface area contributed by atoms with Crippen LogP contribution in [-0.2, 0) is 16.1 Å². The maximum Gasteiger partial charge on any atom is 0.338 e. The Morgan fingerprint density at radius 1 is 1.10 bits per heavy atom. The van der Waals surface area contributed by atoms with Gasteiger partial charge in [-0.1, -0.05) is 12.1 Å². The van der Waals surface area contributed by atoms with Crippen LogP contribution in [0.15, 0.2) is 42.5 Å². The second kappa shape index (κ2) is 10.1. The van der Waals surface area contributed by atoms with Gasteiger partial charge in [-0.15, -0.1) is 0 Å². The van der Waals surface area contributed by atoms with Crippen LogP contribution in [0.25, 0.3) is 0 Å². The fourth-order valence-corrected chi connectivity index (χ4v) is 2.61. The molecule has 2 rings (SSSR count). The lowest BCUT2D eigenvalue weighted by Gasteiger charge is -2.11. The summed E-state index contributed by atoms with van der Waals surface area (Å²) in [6, 6.07) is 10.3. The average molecular weight is 414 g/mol. The van der Waals surface area contributed by atoms with Crippen molar-refractivity contribution in [3.63, 3.8) is 0 Å². The molecule has 10 heteroatoms. The Labute approximate surface area is 173 Å². The SMILES string of the molecule is COC(=O)c1cc(C(=O)NCc2cccc(NC(=O)CN(C)C)c2)cc([N+](=O)[O-])c1. The van der Waals surface area contributed by atoms with Gasteiger partial charge in [0.2, 0.25) is 5.91 Å². The van der Waals surface area contributed by atoms with Gasteiger partial charge in [0.1, 0.15) is 0 Å². The first-order valence-electron chi connectivity index (χ1n) is 8.89. The fourth-order valence-electron chi connectivity index (χ4n) is 2.61. The summed E-state index contributed by atoms with van der Waals surface area (Å²) in [6.07, 6.45) is 0. The summed E-state index contributed by atoms with van der Waals surface area (Å²) in [5.74, 6) is -1.55. The third-order valence-corrected chi connectivity index (χ3v) is 3.94. The second-order valence-electron chi connectivity index (χ2n) is 6.69. The van der Waals surface area contributed by atoms with Gasteiger partial charge < -0.3 is 20.3 Å². The summed E-state index contributed by atoms with van der Waals surface area (Å²) in [4.78, 5) is 48.2. The van der Waals surface area contributed by atoms with Crippen LogP contribution in [0, 0.1) is 10.1 Å². The number of ether oxygens (including phenoxy) is 1. The number of rotatable bonds is 8. The number of hydrogen-bond donors (Lipinski definition) is 2. The molecule has 30 heavy (non-hydrogen) atoms. The number of nitro benzene ring substituents is 1. The molecule has 158 valence electrons. The maximum atomic E-state index is 12.5. The number of anilines is 1. The van der Waals surface area contributed by atoms with E-state index in [0.29, 0.717) is 11.3 Å². The van der Waals surface area contributed by atoms with Gasteiger partial charge >= 0.3 is 5.97 Å². The van der Waals surface area contributed by atoms with Crippen molar-refractivity contribution in [2.75, 3.05) is 33.1 Å². The van der Waals surface area contributed by atoms with Crippen molar-refractivity contribution in [2.45, 2.75) is 6.54 Å². The largest absolute Gasteiger partial charge is 0.465 e. The van der Waals surface area contributed by atoms with Crippen molar-refractivity contribution in [3.8, 4) is 0 Å². The summed E-state index contributed by atoms with van der Waals surface area (Å²) >= 11 is 0. The van der Waals surface area contributed by atoms with Gasteiger partial charge in [-0.05, 0) is 37.9 Å². The molecule has 2 aromatic rings. The summed E-state index contributed by atoms with van der Waals surface area (Å²) in [7, 11) is 4.71. The normalized spacial score (nSPS) is 10.4. The minimum absolute atomic E-state index is 0.0416. The predicted octanol–water partition coefficient (Wildman–Crippen LogP) is 1.81. The molecule has 2 aromatic carbocycles. The molecule has 10 nitrogen and oxygen atoms in total. The van der Waals surface area contributed by atoms with Gasteiger partial charge in [-0.3, -0.25) is 19.7 Å². The highest BCUT2D eigenvalue weighted by Gasteiger charge is 2.18. The molecule has 0 saturated heterocycles. The number of nitrogens with zero attached hydrogens (tertiary/aromatic N) is 2. The van der Waals surface area contributed by atoms with E-state index in [4.69, 9.17) is 0 Å². The number of amides is 2. The lowest BCUT2D eigenvalue weighted by molar-refractivity contribution is -0.384. The summed E-state index contributed by atoms with van der Waals surface area (Å²) < 4.78 is 4.57. The smallest absolute Gasteiger partial charge is 0.338 e. The van der Waals surface area contributed by atoms with Crippen molar-refractivity contribution in [1.82, 2.24) is 10.2 Å². The number of likely N-dealkylation sites (N-methyl/N-ethyl adjacent to an activating group) is 1. The summed E-state index contributed by atoms with van der Waals surface area (Å²) in [5, 5.41) is 16.5. The molecular weight excluding hydrogens is 392 g/mol. The molecule has 0 bridgehead atoms. The van der Waals surface area contributed by atoms with Crippen LogP contribution in [0.4, 0.5) is 11.4 Å². The van der Waals surface area contributed by atoms with Crippen molar-refractivity contribution in [3.05, 3.63) is 69.3 Å². The van der Waals surface area contributed by atoms with Crippen LogP contribution in [-0.4, -0.2) is 55.4 Å². The number of non-ortho nitro benzene ring substituents is 1. The first kappa shape index (κ1) is 22.5. The molecule has 0 atom stereocenters. The number of benzene rings is 2. The van der Waals surface area contributed by atoms with Gasteiger partial charge in [-0.25, -0.2) is 4.79 Å². The van der Waals surface area contributed by atoms with E-state index < -0.39 is 22.5 Å². The number of carbonyl (C=O) groups is 3. The molecule has 0 unspecified atom stereocenters. The third-order valence-electron chi connectivity index (χ3n) is 3.94. The van der Waals surface area contributed by atoms with Crippen LogP contribution < -0.4 is 10.6 Å². The molecule has 0 spiro atoms. The molecule has 0 aliphatic carbocycles. The molecule has 0 aromatic heterocycles. The van der Waals surface area contributed by atoms with E-state index in [1.165, 1.54) is 6.07 Å². The molecule has 0 aliphatic heterocycles. The minimum Gasteiger partial charge on any atom is -0.465 e. The van der Waals surface area contributed by atoms with E-state index in [0.717, 1.165) is 19.2 Å². The summed E-state index contributed by atoms with van der Waals surface area (Å²) in [6.45, 7) is 0.350. The van der Waals surface area contributed by atoms with Crippen LogP contribution in [0.1, 0.15) is 26.3 Å². The molecular formula is C20H22N4O6. The van der Waals surface area contributed by atoms with Crippen molar-refractivity contribution < 1.29 is 24.0 Å². The Morgan fingerprint density at radius 3 is 2.43 bits per heavy atom. The van der Waals surface area contributed by atoms with Crippen molar-refractivity contribution >= 4 is 29.2 Å². The zero-order valence-corrected chi connectivity index (χ0v) is 16.8. The van der Waals surface area contributed by atoms with Crippen LogP contribution in [0.5, 0.6) is 0 Å². The van der Waals surface area contributed by atoms with E-state index in [2.05, 4.69) is 15.4 Å². The second-order valence-corrected chi connectivity index (χ2v) is 6.69. The number of esters is 1. The summed E-state index contributed by atoms with van der Waals surface area (Å²) in [5.41, 5.74) is 0.762. The molecule has 0 radical (unpaired) electrons. The van der Waals surface area contributed by atoms with Crippen molar-refractivity contribution in [2.24, 2.45) is 0 Å². The Bertz CT molecular complexity index is 974. The highest BCUT2D eigenvalue weighted by atomic mass is 16.6. The first-order valence-corrected chi connectivity index (χ1v) is 8.89. The Balaban J connectivity index is 2.11. The van der Waals surface area contributed by atoms with Gasteiger partial charge in [0.15, 0.2) is 0 Å². The number of methoxy groups -OCH3 is 1. The number of carbonyl (C=O) groups excluding carboxylic acids is 3. The Hall–Kier alpha value is -3.79. The van der Waals surface area contributed by atoms with E-state index in [-0.39, 0.29) is 30.1 Å². The maximum absolute atomic E-state index is 12.5. The molecule has 0 aliphatic rings. The van der Waals surface area contributed by atoms with Gasteiger partial charge in [0.25, 0.3) is 11.6 Å². The lowest BCUT2D eigenvalue weighted by atomic mass is 10.1. The van der Waals surface area contributed by atoms with Crippen molar-refractivity contribution in [1.29, 1.82) is 0 Å². The van der Waals surface area contributed by atoms with Crippen LogP contribution >= 0.6 is 0 Å². The highest BCUT2D eigenvalue weighted by Crippen LogP contribution is 2.18. The zero-order valence-electron chi connectivity index (χ0n) is 16.8. The topological polar surface area (TPSA) is 131 Å². The molecule has 2 amide bonds. The lowest BCUT2D eigenvalue weighted by Crippen LogP contribution is -2.27. The monoisotopic (exact) mass is 414 g/mol. The molecule has 0 fully saturated rings. The van der Waals surface area contributed by atoms with Crippen LogP contribution in [0.3, 0.4) is 0 Å². The number of nitrogens with one attached hydrogen (secondary N) is 2. The number of hydrogen-bond acceptors (Lipinski definition) is 7. The van der Waals surface area contributed by atoms with Gasteiger partial charge in [0.05, 0.1) is 24.1 Å². The Morgan fingerprint density at radius 2 is 1.80 bits per heavy atom. The first-order chi connectivity index (χ1) is 14.2. The third kappa shape index (κ3) is 6.38. The van der Waals surface area contributed by atoms with Gasteiger partial charge in [0, 0.05) is 29.9 Å². The fraction of sp³-hybridized carbons (Fsp3) is 0.250. The molecule has 0 heterocycles.